The van der Waals surface area contributed by atoms with Gasteiger partial charge < -0.3 is 14.5 Å². The molecule has 0 bridgehead atoms. The van der Waals surface area contributed by atoms with E-state index in [1.165, 1.54) is 0 Å². The third-order valence-electron chi connectivity index (χ3n) is 3.28. The molecule has 21 heavy (non-hydrogen) atoms. The summed E-state index contributed by atoms with van der Waals surface area (Å²) in [5.41, 5.74) is -0.459. The lowest BCUT2D eigenvalue weighted by molar-refractivity contribution is 0.0158. The lowest BCUT2D eigenvalue weighted by Gasteiger charge is -2.40. The first-order valence-electron chi connectivity index (χ1n) is 7.13. The predicted molar refractivity (Wildman–Crippen MR) is 86.6 cm³/mol. The summed E-state index contributed by atoms with van der Waals surface area (Å²) in [7, 11) is 0. The lowest BCUT2D eigenvalue weighted by atomic mass is 10.2. The molecule has 0 saturated carbocycles. The number of anilines is 1. The average molecular weight is 356 g/mol. The highest BCUT2D eigenvalue weighted by atomic mass is 79.9. The molecule has 2 rings (SSSR count). The number of rotatable bonds is 1. The number of ether oxygens (including phenoxy) is 1. The van der Waals surface area contributed by atoms with Crippen molar-refractivity contribution in [2.75, 3.05) is 24.5 Å². The molecule has 1 aliphatic rings. The number of carbonyl (C=O) groups is 1. The number of carbonyl (C=O) groups excluding carboxylic acids is 1. The number of aromatic nitrogens is 1. The Morgan fingerprint density at radius 2 is 2.10 bits per heavy atom. The van der Waals surface area contributed by atoms with Gasteiger partial charge in [-0.25, -0.2) is 9.78 Å². The highest BCUT2D eigenvalue weighted by Gasteiger charge is 2.31. The highest BCUT2D eigenvalue weighted by Crippen LogP contribution is 2.20. The molecular formula is C15H22BrN3O2. The van der Waals surface area contributed by atoms with E-state index in [2.05, 4.69) is 25.8 Å². The molecule has 116 valence electrons. The first kappa shape index (κ1) is 16.1. The third kappa shape index (κ3) is 4.33. The number of hydrogen-bond donors (Lipinski definition) is 0. The topological polar surface area (TPSA) is 45.7 Å². The monoisotopic (exact) mass is 355 g/mol. The van der Waals surface area contributed by atoms with Gasteiger partial charge >= 0.3 is 6.09 Å². The fourth-order valence-electron chi connectivity index (χ4n) is 2.33. The summed E-state index contributed by atoms with van der Waals surface area (Å²) in [4.78, 5) is 20.6. The Balaban J connectivity index is 2.01. The maximum Gasteiger partial charge on any atom is 0.410 e. The second-order valence-corrected chi connectivity index (χ2v) is 7.10. The molecule has 0 spiro atoms. The van der Waals surface area contributed by atoms with Gasteiger partial charge in [0.25, 0.3) is 0 Å². The van der Waals surface area contributed by atoms with Crippen LogP contribution in [0.2, 0.25) is 0 Å². The van der Waals surface area contributed by atoms with Gasteiger partial charge in [0, 0.05) is 25.7 Å². The van der Waals surface area contributed by atoms with Crippen LogP contribution in [0.25, 0.3) is 0 Å². The van der Waals surface area contributed by atoms with Gasteiger partial charge in [0.2, 0.25) is 0 Å². The summed E-state index contributed by atoms with van der Waals surface area (Å²) in [5, 5.41) is 0. The van der Waals surface area contributed by atoms with Crippen LogP contribution in [0.3, 0.4) is 0 Å². The van der Waals surface area contributed by atoms with Gasteiger partial charge in [0.15, 0.2) is 0 Å². The van der Waals surface area contributed by atoms with E-state index >= 15 is 0 Å². The molecule has 1 fully saturated rings. The van der Waals surface area contributed by atoms with Crippen molar-refractivity contribution < 1.29 is 9.53 Å². The van der Waals surface area contributed by atoms with Crippen LogP contribution in [-0.2, 0) is 4.74 Å². The van der Waals surface area contributed by atoms with Crippen LogP contribution < -0.4 is 4.90 Å². The molecule has 1 atom stereocenters. The molecule has 0 N–H and O–H groups in total. The van der Waals surface area contributed by atoms with Crippen LogP contribution >= 0.6 is 15.9 Å². The third-order valence-corrected chi connectivity index (χ3v) is 3.72. The minimum Gasteiger partial charge on any atom is -0.444 e. The predicted octanol–water partition coefficient (Wildman–Crippen LogP) is 3.29. The SMILES string of the molecule is C[C@H]1CN(c2cccc(Br)n2)CCN1C(=O)OC(C)(C)C. The van der Waals surface area contributed by atoms with Crippen LogP contribution in [0.4, 0.5) is 10.6 Å². The molecule has 1 aliphatic heterocycles. The lowest BCUT2D eigenvalue weighted by Crippen LogP contribution is -2.55. The van der Waals surface area contributed by atoms with Crippen LogP contribution in [0.5, 0.6) is 0 Å². The maximum atomic E-state index is 12.2. The second-order valence-electron chi connectivity index (χ2n) is 6.29. The number of piperazine rings is 1. The smallest absolute Gasteiger partial charge is 0.410 e. The van der Waals surface area contributed by atoms with Crippen molar-refractivity contribution in [1.29, 1.82) is 0 Å². The van der Waals surface area contributed by atoms with E-state index in [9.17, 15) is 4.79 Å². The Morgan fingerprint density at radius 3 is 2.67 bits per heavy atom. The van der Waals surface area contributed by atoms with Crippen LogP contribution in [0.15, 0.2) is 22.8 Å². The van der Waals surface area contributed by atoms with E-state index in [-0.39, 0.29) is 12.1 Å². The number of nitrogens with zero attached hydrogens (tertiary/aromatic N) is 3. The summed E-state index contributed by atoms with van der Waals surface area (Å²) >= 11 is 3.39. The Morgan fingerprint density at radius 1 is 1.38 bits per heavy atom. The van der Waals surface area contributed by atoms with Crippen molar-refractivity contribution in [2.45, 2.75) is 39.3 Å². The van der Waals surface area contributed by atoms with E-state index in [4.69, 9.17) is 4.74 Å². The van der Waals surface area contributed by atoms with Gasteiger partial charge in [-0.05, 0) is 55.8 Å². The zero-order valence-corrected chi connectivity index (χ0v) is 14.6. The molecule has 6 heteroatoms. The number of pyridine rings is 1. The van der Waals surface area contributed by atoms with Crippen LogP contribution in [-0.4, -0.2) is 47.3 Å². The number of halogens is 1. The van der Waals surface area contributed by atoms with Crippen molar-refractivity contribution in [3.63, 3.8) is 0 Å². The summed E-state index contributed by atoms with van der Waals surface area (Å²) in [6.45, 7) is 9.85. The van der Waals surface area contributed by atoms with Crippen molar-refractivity contribution in [3.05, 3.63) is 22.8 Å². The van der Waals surface area contributed by atoms with E-state index in [1.54, 1.807) is 4.90 Å². The van der Waals surface area contributed by atoms with Gasteiger partial charge in [-0.2, -0.15) is 0 Å². The Kier molecular flexibility index (Phi) is 4.76. The second kappa shape index (κ2) is 6.22. The molecule has 0 radical (unpaired) electrons. The minimum atomic E-state index is -0.459. The van der Waals surface area contributed by atoms with Crippen molar-refractivity contribution in [3.8, 4) is 0 Å². The average Bonchev–Trinajstić information content (AvgIpc) is 2.36. The maximum absolute atomic E-state index is 12.2. The van der Waals surface area contributed by atoms with E-state index < -0.39 is 5.60 Å². The minimum absolute atomic E-state index is 0.0920. The van der Waals surface area contributed by atoms with Crippen molar-refractivity contribution in [2.24, 2.45) is 0 Å². The summed E-state index contributed by atoms with van der Waals surface area (Å²) in [6.07, 6.45) is -0.239. The molecular weight excluding hydrogens is 334 g/mol. The fourth-order valence-corrected chi connectivity index (χ4v) is 2.67. The van der Waals surface area contributed by atoms with Crippen LogP contribution in [0, 0.1) is 0 Å². The number of amides is 1. The number of hydrogen-bond acceptors (Lipinski definition) is 4. The first-order chi connectivity index (χ1) is 9.76. The summed E-state index contributed by atoms with van der Waals surface area (Å²) < 4.78 is 6.27. The van der Waals surface area contributed by atoms with Gasteiger partial charge in [-0.15, -0.1) is 0 Å². The summed E-state index contributed by atoms with van der Waals surface area (Å²) in [6, 6.07) is 5.95. The molecule has 1 aromatic heterocycles. The zero-order valence-electron chi connectivity index (χ0n) is 13.0. The normalized spacial score (nSPS) is 19.6. The standard InChI is InChI=1S/C15H22BrN3O2/c1-11-10-18(13-7-5-6-12(16)17-13)8-9-19(11)14(20)21-15(2,3)4/h5-7,11H,8-10H2,1-4H3/t11-/m0/s1. The van der Waals surface area contributed by atoms with E-state index in [0.29, 0.717) is 6.54 Å². The molecule has 0 unspecified atom stereocenters. The zero-order chi connectivity index (χ0) is 15.6. The van der Waals surface area contributed by atoms with E-state index in [0.717, 1.165) is 23.5 Å². The van der Waals surface area contributed by atoms with Gasteiger partial charge in [0.1, 0.15) is 16.0 Å². The Hall–Kier alpha value is -1.30. The van der Waals surface area contributed by atoms with Crippen molar-refractivity contribution in [1.82, 2.24) is 9.88 Å². The fraction of sp³-hybridized carbons (Fsp3) is 0.600. The molecule has 1 aromatic rings. The van der Waals surface area contributed by atoms with Gasteiger partial charge in [-0.1, -0.05) is 6.07 Å². The first-order valence-corrected chi connectivity index (χ1v) is 7.93. The molecule has 5 nitrogen and oxygen atoms in total. The summed E-state index contributed by atoms with van der Waals surface area (Å²) in [5.74, 6) is 0.931. The Bertz CT molecular complexity index is 516. The molecule has 0 aliphatic carbocycles. The highest BCUT2D eigenvalue weighted by molar-refractivity contribution is 9.10. The van der Waals surface area contributed by atoms with Crippen LogP contribution in [0.1, 0.15) is 27.7 Å². The quantitative estimate of drug-likeness (QED) is 0.725. The van der Waals surface area contributed by atoms with Crippen molar-refractivity contribution >= 4 is 27.8 Å². The molecule has 1 amide bonds. The van der Waals surface area contributed by atoms with Gasteiger partial charge in [-0.3, -0.25) is 0 Å². The molecule has 2 heterocycles. The molecule has 0 aromatic carbocycles. The van der Waals surface area contributed by atoms with Gasteiger partial charge in [0.05, 0.1) is 0 Å². The van der Waals surface area contributed by atoms with E-state index in [1.807, 2.05) is 45.9 Å². The Labute approximate surface area is 134 Å². The molecule has 1 saturated heterocycles. The largest absolute Gasteiger partial charge is 0.444 e.